The molecule has 0 atom stereocenters. The van der Waals surface area contributed by atoms with Gasteiger partial charge in [-0.25, -0.2) is 4.83 Å². The van der Waals surface area contributed by atoms with Gasteiger partial charge in [-0.3, -0.25) is 0 Å². The predicted octanol–water partition coefficient (Wildman–Crippen LogP) is 2.92. The summed E-state index contributed by atoms with van der Waals surface area (Å²) >= 11 is 0. The van der Waals surface area contributed by atoms with E-state index in [0.717, 1.165) is 22.3 Å². The van der Waals surface area contributed by atoms with E-state index in [0.29, 0.717) is 0 Å². The number of sulfonamides is 1. The fourth-order valence-electron chi connectivity index (χ4n) is 1.85. The van der Waals surface area contributed by atoms with E-state index in [-0.39, 0.29) is 4.90 Å². The second kappa shape index (κ2) is 6.10. The molecule has 0 saturated carbocycles. The number of hydrazone groups is 1. The molecule has 0 aliphatic rings. The van der Waals surface area contributed by atoms with Crippen LogP contribution in [0, 0.1) is 20.8 Å². The molecule has 1 N–H and O–H groups in total. The highest BCUT2D eigenvalue weighted by atomic mass is 32.2. The Morgan fingerprint density at radius 2 is 1.76 bits per heavy atom. The Morgan fingerprint density at radius 3 is 2.43 bits per heavy atom. The van der Waals surface area contributed by atoms with Gasteiger partial charge < -0.3 is 0 Å². The first-order chi connectivity index (χ1) is 9.88. The van der Waals surface area contributed by atoms with E-state index in [2.05, 4.69) is 9.93 Å². The molecule has 0 aliphatic carbocycles. The largest absolute Gasteiger partial charge is 0.276 e. The fourth-order valence-corrected chi connectivity index (χ4v) is 2.73. The molecule has 0 bridgehead atoms. The smallest absolute Gasteiger partial charge is 0.200 e. The molecular weight excluding hydrogens is 284 g/mol. The molecule has 0 aliphatic heterocycles. The van der Waals surface area contributed by atoms with Crippen molar-refractivity contribution in [2.24, 2.45) is 5.10 Å². The van der Waals surface area contributed by atoms with Gasteiger partial charge in [-0.15, -0.1) is 0 Å². The molecule has 2 rings (SSSR count). The Morgan fingerprint density at radius 1 is 1.00 bits per heavy atom. The summed E-state index contributed by atoms with van der Waals surface area (Å²) in [5, 5.41) is 3.82. The lowest BCUT2D eigenvalue weighted by Gasteiger charge is -2.06. The van der Waals surface area contributed by atoms with Crippen LogP contribution in [-0.2, 0) is 10.0 Å². The molecule has 0 amide bonds. The van der Waals surface area contributed by atoms with Crippen LogP contribution in [0.2, 0.25) is 0 Å². The molecule has 0 radical (unpaired) electrons. The zero-order valence-electron chi connectivity index (χ0n) is 12.3. The number of benzene rings is 2. The zero-order valence-corrected chi connectivity index (χ0v) is 13.1. The van der Waals surface area contributed by atoms with Crippen LogP contribution in [0.4, 0.5) is 0 Å². The minimum atomic E-state index is -3.63. The van der Waals surface area contributed by atoms with Crippen LogP contribution in [0.5, 0.6) is 0 Å². The van der Waals surface area contributed by atoms with Crippen LogP contribution >= 0.6 is 0 Å². The van der Waals surface area contributed by atoms with E-state index in [1.54, 1.807) is 18.2 Å². The van der Waals surface area contributed by atoms with Crippen molar-refractivity contribution >= 4 is 16.2 Å². The normalized spacial score (nSPS) is 11.8. The summed E-state index contributed by atoms with van der Waals surface area (Å²) in [6, 6.07) is 12.7. The third kappa shape index (κ3) is 3.92. The Hall–Kier alpha value is -2.14. The zero-order chi connectivity index (χ0) is 15.5. The Balaban J connectivity index is 2.16. The molecule has 0 aromatic heterocycles. The summed E-state index contributed by atoms with van der Waals surface area (Å²) in [7, 11) is -3.63. The number of nitrogens with zero attached hydrogens (tertiary/aromatic N) is 1. The molecule has 0 heterocycles. The van der Waals surface area contributed by atoms with Crippen LogP contribution in [0.25, 0.3) is 0 Å². The lowest BCUT2D eigenvalue weighted by Crippen LogP contribution is -2.18. The quantitative estimate of drug-likeness (QED) is 0.697. The monoisotopic (exact) mass is 302 g/mol. The van der Waals surface area contributed by atoms with Gasteiger partial charge in [0, 0.05) is 0 Å². The first-order valence-corrected chi connectivity index (χ1v) is 8.05. The second-order valence-corrected chi connectivity index (χ2v) is 6.67. The maximum Gasteiger partial charge on any atom is 0.276 e. The molecule has 0 spiro atoms. The van der Waals surface area contributed by atoms with Crippen LogP contribution < -0.4 is 4.83 Å². The van der Waals surface area contributed by atoms with Gasteiger partial charge >= 0.3 is 0 Å². The van der Waals surface area contributed by atoms with Gasteiger partial charge in [-0.1, -0.05) is 35.9 Å². The summed E-state index contributed by atoms with van der Waals surface area (Å²) in [4.78, 5) is 2.45. The van der Waals surface area contributed by atoms with Crippen LogP contribution in [-0.4, -0.2) is 14.6 Å². The molecule has 0 saturated heterocycles. The predicted molar refractivity (Wildman–Crippen MR) is 85.0 cm³/mol. The molecule has 4 nitrogen and oxygen atoms in total. The summed E-state index contributed by atoms with van der Waals surface area (Å²) in [6.07, 6.45) is 1.49. The molecular formula is C16H18N2O2S. The molecule has 110 valence electrons. The maximum absolute atomic E-state index is 12.1. The van der Waals surface area contributed by atoms with Crippen molar-refractivity contribution in [2.75, 3.05) is 0 Å². The molecule has 2 aromatic rings. The standard InChI is InChI=1S/C16H18N2O2S/c1-12-5-4-6-15(9-12)11-17-18-21(19,20)16-8-7-13(2)14(3)10-16/h4-11,18H,1-3H3/b17-11+. The second-order valence-electron chi connectivity index (χ2n) is 5.01. The third-order valence-electron chi connectivity index (χ3n) is 3.22. The van der Waals surface area contributed by atoms with Crippen molar-refractivity contribution in [3.05, 3.63) is 64.7 Å². The van der Waals surface area contributed by atoms with E-state index in [9.17, 15) is 8.42 Å². The van der Waals surface area contributed by atoms with Crippen molar-refractivity contribution in [1.29, 1.82) is 0 Å². The molecule has 0 fully saturated rings. The lowest BCUT2D eigenvalue weighted by atomic mass is 10.1. The van der Waals surface area contributed by atoms with E-state index in [4.69, 9.17) is 0 Å². The van der Waals surface area contributed by atoms with Gasteiger partial charge in [0.1, 0.15) is 0 Å². The third-order valence-corrected chi connectivity index (χ3v) is 4.44. The Kier molecular flexibility index (Phi) is 4.43. The number of aryl methyl sites for hydroxylation is 3. The topological polar surface area (TPSA) is 58.5 Å². The van der Waals surface area contributed by atoms with Gasteiger partial charge in [0.15, 0.2) is 0 Å². The highest BCUT2D eigenvalue weighted by molar-refractivity contribution is 7.89. The fraction of sp³-hybridized carbons (Fsp3) is 0.188. The SMILES string of the molecule is Cc1cccc(/C=N/NS(=O)(=O)c2ccc(C)c(C)c2)c1. The van der Waals surface area contributed by atoms with Crippen molar-refractivity contribution in [2.45, 2.75) is 25.7 Å². The first kappa shape index (κ1) is 15.3. The summed E-state index contributed by atoms with van der Waals surface area (Å²) < 4.78 is 24.3. The minimum Gasteiger partial charge on any atom is -0.200 e. The van der Waals surface area contributed by atoms with E-state index in [1.165, 1.54) is 6.21 Å². The molecule has 2 aromatic carbocycles. The Bertz CT molecular complexity index is 781. The van der Waals surface area contributed by atoms with Crippen molar-refractivity contribution in [3.8, 4) is 0 Å². The van der Waals surface area contributed by atoms with Crippen molar-refractivity contribution < 1.29 is 8.42 Å². The molecule has 0 unspecified atom stereocenters. The highest BCUT2D eigenvalue weighted by Gasteiger charge is 2.13. The summed E-state index contributed by atoms with van der Waals surface area (Å²) in [6.45, 7) is 5.79. The van der Waals surface area contributed by atoms with Gasteiger partial charge in [0.2, 0.25) is 0 Å². The van der Waals surface area contributed by atoms with Crippen LogP contribution in [0.15, 0.2) is 52.5 Å². The number of hydrogen-bond acceptors (Lipinski definition) is 3. The van der Waals surface area contributed by atoms with E-state index < -0.39 is 10.0 Å². The number of rotatable bonds is 4. The van der Waals surface area contributed by atoms with E-state index in [1.807, 2.05) is 45.0 Å². The van der Waals surface area contributed by atoms with E-state index >= 15 is 0 Å². The average molecular weight is 302 g/mol. The average Bonchev–Trinajstić information content (AvgIpc) is 2.41. The Labute approximate surface area is 125 Å². The van der Waals surface area contributed by atoms with Gasteiger partial charge in [-0.05, 0) is 49.6 Å². The maximum atomic E-state index is 12.1. The minimum absolute atomic E-state index is 0.215. The van der Waals surface area contributed by atoms with Gasteiger partial charge in [0.25, 0.3) is 10.0 Å². The van der Waals surface area contributed by atoms with Gasteiger partial charge in [0.05, 0.1) is 11.1 Å². The van der Waals surface area contributed by atoms with Crippen molar-refractivity contribution in [1.82, 2.24) is 4.83 Å². The van der Waals surface area contributed by atoms with Crippen LogP contribution in [0.1, 0.15) is 22.3 Å². The molecule has 5 heteroatoms. The number of nitrogens with one attached hydrogen (secondary N) is 1. The molecule has 21 heavy (non-hydrogen) atoms. The van der Waals surface area contributed by atoms with Crippen LogP contribution in [0.3, 0.4) is 0 Å². The first-order valence-electron chi connectivity index (χ1n) is 6.57. The highest BCUT2D eigenvalue weighted by Crippen LogP contribution is 2.14. The summed E-state index contributed by atoms with van der Waals surface area (Å²) in [5.74, 6) is 0. The van der Waals surface area contributed by atoms with Gasteiger partial charge in [-0.2, -0.15) is 13.5 Å². The lowest BCUT2D eigenvalue weighted by molar-refractivity contribution is 0.584. The summed E-state index contributed by atoms with van der Waals surface area (Å²) in [5.41, 5.74) is 3.92. The number of hydrogen-bond donors (Lipinski definition) is 1. The van der Waals surface area contributed by atoms with Crippen molar-refractivity contribution in [3.63, 3.8) is 0 Å².